The van der Waals surface area contributed by atoms with Gasteiger partial charge < -0.3 is 18.9 Å². The number of nitrogens with zero attached hydrogens (tertiary/aromatic N) is 4. The van der Waals surface area contributed by atoms with E-state index in [1.807, 2.05) is 22.7 Å². The highest BCUT2D eigenvalue weighted by Gasteiger charge is 2.33. The molecular formula is C72H44N4S2. The zero-order valence-corrected chi connectivity index (χ0v) is 43.6. The van der Waals surface area contributed by atoms with E-state index in [1.54, 1.807) is 0 Å². The van der Waals surface area contributed by atoms with Gasteiger partial charge in [0.25, 0.3) is 0 Å². The van der Waals surface area contributed by atoms with Crippen molar-refractivity contribution in [3.05, 3.63) is 267 Å². The van der Waals surface area contributed by atoms with Crippen molar-refractivity contribution in [2.75, 3.05) is 9.80 Å². The average Bonchev–Trinajstić information content (AvgIpc) is 4.43. The second-order valence-corrected chi connectivity index (χ2v) is 22.5. The number of hydrogen-bond acceptors (Lipinski definition) is 4. The summed E-state index contributed by atoms with van der Waals surface area (Å²) in [5, 5.41) is 10.2. The smallest absolute Gasteiger partial charge is 0.0724 e. The maximum absolute atomic E-state index is 2.48. The molecule has 0 radical (unpaired) electrons. The van der Waals surface area contributed by atoms with Gasteiger partial charge in [0.2, 0.25) is 0 Å². The number of benzene rings is 12. The van der Waals surface area contributed by atoms with Crippen molar-refractivity contribution >= 4 is 141 Å². The highest BCUT2D eigenvalue weighted by Crippen LogP contribution is 2.56. The highest BCUT2D eigenvalue weighted by molar-refractivity contribution is 7.26. The van der Waals surface area contributed by atoms with Gasteiger partial charge in [-0.2, -0.15) is 0 Å². The molecule has 0 saturated carbocycles. The number of aromatic nitrogens is 2. The van der Waals surface area contributed by atoms with Crippen LogP contribution in [-0.2, 0) is 0 Å². The molecule has 0 spiro atoms. The topological polar surface area (TPSA) is 16.3 Å². The van der Waals surface area contributed by atoms with Gasteiger partial charge in [-0.1, -0.05) is 158 Å². The Kier molecular flexibility index (Phi) is 9.42. The zero-order chi connectivity index (χ0) is 51.0. The Hall–Kier alpha value is -9.72. The van der Waals surface area contributed by atoms with Crippen LogP contribution in [0, 0.1) is 0 Å². The van der Waals surface area contributed by atoms with Crippen LogP contribution >= 0.6 is 22.7 Å². The molecule has 5 heterocycles. The van der Waals surface area contributed by atoms with Gasteiger partial charge in [0, 0.05) is 84.6 Å². The van der Waals surface area contributed by atoms with E-state index in [4.69, 9.17) is 0 Å². The van der Waals surface area contributed by atoms with Crippen molar-refractivity contribution in [3.63, 3.8) is 0 Å². The molecule has 6 heteroatoms. The molecule has 0 amide bonds. The van der Waals surface area contributed by atoms with Gasteiger partial charge in [-0.05, 0) is 131 Å². The SMILES string of the molecule is c1ccc(N2c3ccc(-n4c5ccccc5c5c(-c6cccc7sc8ccccc8c67)cccc54)cc3N(c3ccccc3)c3ccc(-n4c5ccccc5c5c(-c6cccc7sc8ccccc8c67)cccc54)cc32)cc1. The van der Waals surface area contributed by atoms with Crippen LogP contribution in [0.1, 0.15) is 0 Å². The number of para-hydroxylation sites is 4. The van der Waals surface area contributed by atoms with Gasteiger partial charge >= 0.3 is 0 Å². The van der Waals surface area contributed by atoms with Crippen molar-refractivity contribution < 1.29 is 0 Å². The van der Waals surface area contributed by atoms with Crippen LogP contribution in [0.4, 0.5) is 34.1 Å². The van der Waals surface area contributed by atoms with Crippen LogP contribution in [0.15, 0.2) is 267 Å². The molecule has 0 unspecified atom stereocenters. The van der Waals surface area contributed by atoms with E-state index in [0.29, 0.717) is 0 Å². The van der Waals surface area contributed by atoms with Gasteiger partial charge in [0.15, 0.2) is 0 Å². The van der Waals surface area contributed by atoms with Crippen LogP contribution in [0.25, 0.3) is 118 Å². The van der Waals surface area contributed by atoms with E-state index in [2.05, 4.69) is 286 Å². The Balaban J connectivity index is 0.882. The van der Waals surface area contributed by atoms with E-state index in [0.717, 1.165) is 45.5 Å². The van der Waals surface area contributed by atoms with Gasteiger partial charge in [-0.15, -0.1) is 22.7 Å². The summed E-state index contributed by atoms with van der Waals surface area (Å²) < 4.78 is 10.2. The number of anilines is 6. The summed E-state index contributed by atoms with van der Waals surface area (Å²) in [6.07, 6.45) is 0. The molecule has 78 heavy (non-hydrogen) atoms. The molecule has 0 aliphatic carbocycles. The summed E-state index contributed by atoms with van der Waals surface area (Å²) in [5.41, 5.74) is 18.5. The van der Waals surface area contributed by atoms with Crippen LogP contribution in [0.3, 0.4) is 0 Å². The third-order valence-corrected chi connectivity index (χ3v) is 18.5. The van der Waals surface area contributed by atoms with E-state index in [1.165, 1.54) is 106 Å². The molecule has 0 N–H and O–H groups in total. The lowest BCUT2D eigenvalue weighted by Crippen LogP contribution is -2.24. The van der Waals surface area contributed by atoms with Gasteiger partial charge in [0.1, 0.15) is 0 Å². The van der Waals surface area contributed by atoms with Crippen LogP contribution in [0.5, 0.6) is 0 Å². The molecule has 16 aromatic rings. The number of hydrogen-bond donors (Lipinski definition) is 0. The first-order valence-corrected chi connectivity index (χ1v) is 28.2. The minimum Gasteiger partial charge on any atom is -0.309 e. The fourth-order valence-electron chi connectivity index (χ4n) is 13.1. The summed E-state index contributed by atoms with van der Waals surface area (Å²) >= 11 is 3.75. The molecule has 0 fully saturated rings. The predicted octanol–water partition coefficient (Wildman–Crippen LogP) is 21.2. The highest BCUT2D eigenvalue weighted by atomic mass is 32.1. The summed E-state index contributed by atoms with van der Waals surface area (Å²) in [7, 11) is 0. The lowest BCUT2D eigenvalue weighted by atomic mass is 9.95. The van der Waals surface area contributed by atoms with Gasteiger partial charge in [0.05, 0.1) is 44.8 Å². The summed E-state index contributed by atoms with van der Waals surface area (Å²) in [6, 6.07) is 98.8. The molecule has 0 atom stereocenters. The Morgan fingerprint density at radius 3 is 1.01 bits per heavy atom. The molecule has 1 aliphatic rings. The first-order valence-electron chi connectivity index (χ1n) is 26.6. The molecule has 4 nitrogen and oxygen atoms in total. The lowest BCUT2D eigenvalue weighted by Gasteiger charge is -2.41. The first-order chi connectivity index (χ1) is 38.7. The molecular weight excluding hydrogens is 985 g/mol. The van der Waals surface area contributed by atoms with Crippen LogP contribution in [-0.4, -0.2) is 9.13 Å². The Morgan fingerprint density at radius 2 is 0.564 bits per heavy atom. The minimum absolute atomic E-state index is 1.09. The zero-order valence-electron chi connectivity index (χ0n) is 42.0. The summed E-state index contributed by atoms with van der Waals surface area (Å²) in [4.78, 5) is 4.93. The van der Waals surface area contributed by atoms with E-state index in [-0.39, 0.29) is 0 Å². The molecule has 4 aromatic heterocycles. The van der Waals surface area contributed by atoms with Crippen molar-refractivity contribution in [1.82, 2.24) is 9.13 Å². The van der Waals surface area contributed by atoms with Crippen molar-refractivity contribution in [2.24, 2.45) is 0 Å². The number of fused-ring (bicyclic) bond motifs is 14. The lowest BCUT2D eigenvalue weighted by molar-refractivity contribution is 1.12. The molecule has 12 aromatic carbocycles. The van der Waals surface area contributed by atoms with E-state index < -0.39 is 0 Å². The second kappa shape index (κ2) is 16.9. The molecule has 0 bridgehead atoms. The molecule has 1 aliphatic heterocycles. The summed E-state index contributed by atoms with van der Waals surface area (Å²) in [6.45, 7) is 0. The third kappa shape index (κ3) is 6.27. The minimum atomic E-state index is 1.09. The monoisotopic (exact) mass is 1030 g/mol. The van der Waals surface area contributed by atoms with Crippen molar-refractivity contribution in [2.45, 2.75) is 0 Å². The largest absolute Gasteiger partial charge is 0.309 e. The quantitative estimate of drug-likeness (QED) is 0.165. The number of thiophene rings is 2. The fraction of sp³-hybridized carbons (Fsp3) is 0. The predicted molar refractivity (Wildman–Crippen MR) is 335 cm³/mol. The molecule has 17 rings (SSSR count). The van der Waals surface area contributed by atoms with E-state index in [9.17, 15) is 0 Å². The normalized spacial score (nSPS) is 12.6. The third-order valence-electron chi connectivity index (χ3n) is 16.2. The maximum Gasteiger partial charge on any atom is 0.0724 e. The van der Waals surface area contributed by atoms with Crippen molar-refractivity contribution in [3.8, 4) is 33.6 Å². The van der Waals surface area contributed by atoms with Gasteiger partial charge in [-0.3, -0.25) is 0 Å². The van der Waals surface area contributed by atoms with E-state index >= 15 is 0 Å². The summed E-state index contributed by atoms with van der Waals surface area (Å²) in [5.74, 6) is 0. The Bertz CT molecular complexity index is 4800. The Labute approximate surface area is 457 Å². The van der Waals surface area contributed by atoms with Crippen LogP contribution < -0.4 is 9.80 Å². The first kappa shape index (κ1) is 43.5. The standard InChI is InChI=1S/C72H44N4S2/c1-3-19-45(20-4-1)73-59-41-39-48(76-58-32-12-8-24-54(58)70-50(28-16-34-62(70)76)52-30-18-38-68-72(52)56-26-10-14-36-66(56)78-68)44-64(59)74(46-21-5-2-6-22-46)60-42-40-47(43-63(60)73)75-57-31-11-7-23-53(57)69-49(27-15-33-61(69)75)51-29-17-37-67-71(51)55-25-9-13-35-65(55)77-67/h1-44H. The molecule has 0 saturated heterocycles. The fourth-order valence-corrected chi connectivity index (χ4v) is 15.3. The van der Waals surface area contributed by atoms with Crippen LogP contribution in [0.2, 0.25) is 0 Å². The van der Waals surface area contributed by atoms with Crippen molar-refractivity contribution in [1.29, 1.82) is 0 Å². The molecule has 364 valence electrons. The number of rotatable bonds is 6. The Morgan fingerprint density at radius 1 is 0.218 bits per heavy atom. The van der Waals surface area contributed by atoms with Gasteiger partial charge in [-0.25, -0.2) is 0 Å². The second-order valence-electron chi connectivity index (χ2n) is 20.3. The maximum atomic E-state index is 2.48. The average molecular weight is 1030 g/mol.